The molecule has 0 amide bonds. The molecule has 2 unspecified atom stereocenters. The maximum Gasteiger partial charge on any atom is 0.304 e. The normalized spacial score (nSPS) is 18.5. The van der Waals surface area contributed by atoms with Crippen molar-refractivity contribution in [1.29, 1.82) is 0 Å². The number of aliphatic hydroxyl groups is 1. The van der Waals surface area contributed by atoms with Crippen LogP contribution in [-0.2, 0) is 4.74 Å². The summed E-state index contributed by atoms with van der Waals surface area (Å²) in [7, 11) is 0. The van der Waals surface area contributed by atoms with E-state index in [0.717, 1.165) is 24.1 Å². The van der Waals surface area contributed by atoms with Gasteiger partial charge >= 0.3 is 6.43 Å². The fraction of sp³-hybridized carbons (Fsp3) is 0.455. The highest BCUT2D eigenvalue weighted by Crippen LogP contribution is 2.41. The van der Waals surface area contributed by atoms with Crippen LogP contribution in [0.1, 0.15) is 55.2 Å². The zero-order valence-corrected chi connectivity index (χ0v) is 17.0. The lowest BCUT2D eigenvalue weighted by Gasteiger charge is -2.22. The maximum absolute atomic E-state index is 13.9. The monoisotopic (exact) mass is 435 g/mol. The number of rotatable bonds is 8. The minimum atomic E-state index is -3.30. The van der Waals surface area contributed by atoms with E-state index >= 15 is 0 Å². The van der Waals surface area contributed by atoms with Crippen LogP contribution in [0, 0.1) is 0 Å². The standard InChI is InChI=1S/C22H24F3N3O3/c1-12(29)18-22(26-11-17(27-18)14-5-6-14)28-16-4-2-3-15(13-7-9-30-10-8-13)19(16)31-21(25)20(23)24/h2-4,7,11-12,14,20-21,29H,5-6,8-10H2,1H3,(H,26,28). The Morgan fingerprint density at radius 2 is 2.06 bits per heavy atom. The molecule has 1 aliphatic heterocycles. The maximum atomic E-state index is 13.9. The summed E-state index contributed by atoms with van der Waals surface area (Å²) in [5.41, 5.74) is 2.70. The van der Waals surface area contributed by atoms with Gasteiger partial charge in [0, 0.05) is 11.5 Å². The molecule has 0 saturated heterocycles. The van der Waals surface area contributed by atoms with Gasteiger partial charge in [-0.2, -0.15) is 4.39 Å². The summed E-state index contributed by atoms with van der Waals surface area (Å²) in [4.78, 5) is 8.91. The molecule has 2 aromatic rings. The largest absolute Gasteiger partial charge is 0.452 e. The van der Waals surface area contributed by atoms with E-state index in [2.05, 4.69) is 15.3 Å². The Bertz CT molecular complexity index is 964. The summed E-state index contributed by atoms with van der Waals surface area (Å²) in [5, 5.41) is 13.2. The van der Waals surface area contributed by atoms with Gasteiger partial charge in [-0.25, -0.2) is 18.7 Å². The van der Waals surface area contributed by atoms with Crippen molar-refractivity contribution >= 4 is 17.1 Å². The minimum absolute atomic E-state index is 0.0481. The van der Waals surface area contributed by atoms with Gasteiger partial charge in [0.2, 0.25) is 0 Å². The van der Waals surface area contributed by atoms with Crippen LogP contribution < -0.4 is 10.1 Å². The van der Waals surface area contributed by atoms with E-state index in [9.17, 15) is 18.3 Å². The predicted octanol–water partition coefficient (Wildman–Crippen LogP) is 4.89. The second kappa shape index (κ2) is 9.23. The zero-order valence-electron chi connectivity index (χ0n) is 17.0. The number of aliphatic hydroxyl groups excluding tert-OH is 1. The van der Waals surface area contributed by atoms with Crippen LogP contribution in [-0.4, -0.2) is 41.1 Å². The fourth-order valence-electron chi connectivity index (χ4n) is 3.46. The molecule has 9 heteroatoms. The number of aromatic nitrogens is 2. The number of ether oxygens (including phenoxy) is 2. The number of alkyl halides is 3. The summed E-state index contributed by atoms with van der Waals surface area (Å²) in [5.74, 6) is 0.558. The quantitative estimate of drug-likeness (QED) is 0.615. The topological polar surface area (TPSA) is 76.5 Å². The first-order valence-corrected chi connectivity index (χ1v) is 10.2. The van der Waals surface area contributed by atoms with Gasteiger partial charge in [-0.1, -0.05) is 18.2 Å². The van der Waals surface area contributed by atoms with Gasteiger partial charge in [0.25, 0.3) is 6.36 Å². The summed E-state index contributed by atoms with van der Waals surface area (Å²) in [6.45, 7) is 2.42. The predicted molar refractivity (Wildman–Crippen MR) is 109 cm³/mol. The highest BCUT2D eigenvalue weighted by atomic mass is 19.3. The van der Waals surface area contributed by atoms with E-state index in [1.54, 1.807) is 31.3 Å². The van der Waals surface area contributed by atoms with Crippen LogP contribution in [0.4, 0.5) is 24.7 Å². The van der Waals surface area contributed by atoms with E-state index < -0.39 is 18.9 Å². The van der Waals surface area contributed by atoms with Crippen molar-refractivity contribution in [1.82, 2.24) is 9.97 Å². The third-order valence-corrected chi connectivity index (χ3v) is 5.22. The average Bonchev–Trinajstić information content (AvgIpc) is 3.61. The molecule has 0 radical (unpaired) electrons. The molecule has 31 heavy (non-hydrogen) atoms. The Morgan fingerprint density at radius 3 is 2.71 bits per heavy atom. The van der Waals surface area contributed by atoms with Crippen molar-refractivity contribution in [3.8, 4) is 5.75 Å². The first-order valence-electron chi connectivity index (χ1n) is 10.2. The smallest absolute Gasteiger partial charge is 0.304 e. The van der Waals surface area contributed by atoms with Crippen molar-refractivity contribution in [2.24, 2.45) is 0 Å². The van der Waals surface area contributed by atoms with Gasteiger partial charge in [-0.05, 0) is 37.8 Å². The molecule has 0 spiro atoms. The van der Waals surface area contributed by atoms with E-state index in [4.69, 9.17) is 9.47 Å². The Labute approximate surface area is 178 Å². The third-order valence-electron chi connectivity index (χ3n) is 5.22. The van der Waals surface area contributed by atoms with Gasteiger partial charge < -0.3 is 19.9 Å². The van der Waals surface area contributed by atoms with E-state index in [-0.39, 0.29) is 17.3 Å². The van der Waals surface area contributed by atoms with Crippen molar-refractivity contribution in [3.05, 3.63) is 47.4 Å². The molecule has 2 N–H and O–H groups in total. The van der Waals surface area contributed by atoms with E-state index in [0.29, 0.717) is 36.8 Å². The van der Waals surface area contributed by atoms with Gasteiger partial charge in [-0.15, -0.1) is 0 Å². The van der Waals surface area contributed by atoms with E-state index in [1.807, 2.05) is 6.08 Å². The van der Waals surface area contributed by atoms with Crippen molar-refractivity contribution in [2.45, 2.75) is 51.0 Å². The molecule has 0 bridgehead atoms. The second-order valence-electron chi connectivity index (χ2n) is 7.64. The molecule has 1 aromatic heterocycles. The van der Waals surface area contributed by atoms with Crippen LogP contribution in [0.3, 0.4) is 0 Å². The minimum Gasteiger partial charge on any atom is -0.452 e. The first-order chi connectivity index (χ1) is 14.9. The van der Waals surface area contributed by atoms with Gasteiger partial charge in [0.15, 0.2) is 11.6 Å². The Hall–Kier alpha value is -2.65. The van der Waals surface area contributed by atoms with Crippen LogP contribution in [0.15, 0.2) is 30.5 Å². The van der Waals surface area contributed by atoms with Crippen LogP contribution in [0.2, 0.25) is 0 Å². The zero-order chi connectivity index (χ0) is 22.0. The number of para-hydroxylation sites is 1. The molecule has 166 valence electrons. The molecular formula is C22H24F3N3O3. The summed E-state index contributed by atoms with van der Waals surface area (Å²) < 4.78 is 50.2. The molecule has 2 aliphatic rings. The van der Waals surface area contributed by atoms with Crippen LogP contribution >= 0.6 is 0 Å². The van der Waals surface area contributed by atoms with Crippen LogP contribution in [0.5, 0.6) is 5.75 Å². The van der Waals surface area contributed by atoms with Crippen molar-refractivity contribution in [3.63, 3.8) is 0 Å². The molecule has 6 nitrogen and oxygen atoms in total. The number of benzene rings is 1. The lowest BCUT2D eigenvalue weighted by molar-refractivity contribution is -0.0666. The molecule has 1 fully saturated rings. The number of nitrogens with zero attached hydrogens (tertiary/aromatic N) is 2. The van der Waals surface area contributed by atoms with Crippen molar-refractivity contribution in [2.75, 3.05) is 18.5 Å². The summed E-state index contributed by atoms with van der Waals surface area (Å²) in [6, 6.07) is 4.98. The third kappa shape index (κ3) is 4.99. The first kappa shape index (κ1) is 21.6. The van der Waals surface area contributed by atoms with Gasteiger partial charge in [0.05, 0.1) is 36.9 Å². The summed E-state index contributed by atoms with van der Waals surface area (Å²) >= 11 is 0. The lowest BCUT2D eigenvalue weighted by Crippen LogP contribution is -2.21. The number of nitrogens with one attached hydrogen (secondary N) is 1. The lowest BCUT2D eigenvalue weighted by atomic mass is 9.99. The SMILES string of the molecule is CC(O)c1nc(C2CC2)cnc1Nc1cccc(C2=CCOCC2)c1OC(F)C(F)F. The van der Waals surface area contributed by atoms with Crippen molar-refractivity contribution < 1.29 is 27.8 Å². The molecular weight excluding hydrogens is 411 g/mol. The molecule has 2 atom stereocenters. The molecule has 1 aliphatic carbocycles. The fourth-order valence-corrected chi connectivity index (χ4v) is 3.46. The Morgan fingerprint density at radius 1 is 1.26 bits per heavy atom. The van der Waals surface area contributed by atoms with Gasteiger partial charge in [-0.3, -0.25) is 0 Å². The molecule has 1 aromatic carbocycles. The highest BCUT2D eigenvalue weighted by Gasteiger charge is 2.28. The van der Waals surface area contributed by atoms with E-state index in [1.165, 1.54) is 0 Å². The van der Waals surface area contributed by atoms with Crippen LogP contribution in [0.25, 0.3) is 5.57 Å². The van der Waals surface area contributed by atoms with Gasteiger partial charge in [0.1, 0.15) is 5.69 Å². The number of anilines is 2. The summed E-state index contributed by atoms with van der Waals surface area (Å²) in [6.07, 6.45) is -0.937. The number of hydrogen-bond acceptors (Lipinski definition) is 6. The number of halogens is 3. The molecule has 4 rings (SSSR count). The highest BCUT2D eigenvalue weighted by molar-refractivity contribution is 5.79. The Kier molecular flexibility index (Phi) is 6.43. The molecule has 2 heterocycles. The number of hydrogen-bond donors (Lipinski definition) is 2. The average molecular weight is 435 g/mol. The second-order valence-corrected chi connectivity index (χ2v) is 7.64. The Balaban J connectivity index is 1.73. The molecule has 1 saturated carbocycles.